The topological polar surface area (TPSA) is 23.6 Å². The highest BCUT2D eigenvalue weighted by atomic mass is 79.9. The van der Waals surface area contributed by atoms with Gasteiger partial charge in [-0.05, 0) is 66.1 Å². The van der Waals surface area contributed by atoms with Crippen LogP contribution in [0.4, 0.5) is 10.1 Å². The summed E-state index contributed by atoms with van der Waals surface area (Å²) in [6.45, 7) is 2.77. The van der Waals surface area contributed by atoms with Crippen LogP contribution in [-0.4, -0.2) is 37.0 Å². The molecule has 138 valence electrons. The van der Waals surface area contributed by atoms with Gasteiger partial charge in [-0.15, -0.1) is 0 Å². The molecule has 1 aromatic carbocycles. The lowest BCUT2D eigenvalue weighted by Gasteiger charge is -2.37. The van der Waals surface area contributed by atoms with Crippen molar-refractivity contribution in [1.29, 1.82) is 0 Å². The van der Waals surface area contributed by atoms with Crippen LogP contribution in [0, 0.1) is 11.7 Å². The molecule has 1 saturated heterocycles. The third-order valence-corrected chi connectivity index (χ3v) is 6.55. The number of carbonyl (C=O) groups is 1. The van der Waals surface area contributed by atoms with E-state index >= 15 is 0 Å². The van der Waals surface area contributed by atoms with Gasteiger partial charge in [0.25, 0.3) is 0 Å². The summed E-state index contributed by atoms with van der Waals surface area (Å²) in [5, 5.41) is 0. The first-order valence-electron chi connectivity index (χ1n) is 9.59. The monoisotopic (exact) mass is 410 g/mol. The minimum absolute atomic E-state index is 0.205. The van der Waals surface area contributed by atoms with E-state index in [0.29, 0.717) is 16.4 Å². The van der Waals surface area contributed by atoms with Crippen LogP contribution in [0.25, 0.3) is 0 Å². The fourth-order valence-corrected chi connectivity index (χ4v) is 4.84. The van der Waals surface area contributed by atoms with Crippen molar-refractivity contribution in [2.45, 2.75) is 57.4 Å². The Kier molecular flexibility index (Phi) is 6.74. The van der Waals surface area contributed by atoms with E-state index < -0.39 is 0 Å². The first-order valence-corrected chi connectivity index (χ1v) is 10.4. The minimum atomic E-state index is -0.205. The normalized spacial score (nSPS) is 22.0. The highest BCUT2D eigenvalue weighted by molar-refractivity contribution is 9.10. The number of hydrogen-bond donors (Lipinski definition) is 0. The minimum Gasteiger partial charge on any atom is -0.370 e. The van der Waals surface area contributed by atoms with Gasteiger partial charge in [-0.1, -0.05) is 25.3 Å². The summed E-state index contributed by atoms with van der Waals surface area (Å²) < 4.78 is 14.4. The number of carbonyl (C=O) groups excluding carboxylic acids is 1. The Morgan fingerprint density at radius 1 is 1.20 bits per heavy atom. The van der Waals surface area contributed by atoms with Crippen LogP contribution >= 0.6 is 15.9 Å². The van der Waals surface area contributed by atoms with Crippen molar-refractivity contribution in [3.8, 4) is 0 Å². The molecule has 1 unspecified atom stereocenters. The van der Waals surface area contributed by atoms with Crippen LogP contribution in [-0.2, 0) is 4.79 Å². The zero-order valence-electron chi connectivity index (χ0n) is 14.8. The maximum atomic E-state index is 13.8. The number of hydrogen-bond acceptors (Lipinski definition) is 2. The Balaban J connectivity index is 1.56. The number of anilines is 1. The summed E-state index contributed by atoms with van der Waals surface area (Å²) in [5.74, 6) is 0.360. The van der Waals surface area contributed by atoms with Crippen molar-refractivity contribution in [3.63, 3.8) is 0 Å². The Morgan fingerprint density at radius 2 is 2.00 bits per heavy atom. The second-order valence-electron chi connectivity index (χ2n) is 7.45. The third kappa shape index (κ3) is 4.75. The fourth-order valence-electron chi connectivity index (χ4n) is 4.32. The molecular weight excluding hydrogens is 383 g/mol. The lowest BCUT2D eigenvalue weighted by atomic mass is 9.92. The predicted octanol–water partition coefficient (Wildman–Crippen LogP) is 4.99. The summed E-state index contributed by atoms with van der Waals surface area (Å²) in [5.41, 5.74) is 0.948. The molecule has 1 saturated carbocycles. The molecular formula is C20H28BrFN2O. The Morgan fingerprint density at radius 3 is 2.76 bits per heavy atom. The summed E-state index contributed by atoms with van der Waals surface area (Å²) >= 11 is 3.39. The molecule has 3 nitrogen and oxygen atoms in total. The van der Waals surface area contributed by atoms with Gasteiger partial charge in [0.1, 0.15) is 5.82 Å². The molecule has 1 heterocycles. The first kappa shape index (κ1) is 18.7. The number of amides is 1. The maximum Gasteiger partial charge on any atom is 0.209 e. The van der Waals surface area contributed by atoms with E-state index in [2.05, 4.69) is 20.8 Å². The van der Waals surface area contributed by atoms with Gasteiger partial charge in [-0.25, -0.2) is 4.39 Å². The molecule has 1 aromatic rings. The first-order chi connectivity index (χ1) is 12.2. The van der Waals surface area contributed by atoms with E-state index in [1.54, 1.807) is 6.07 Å². The second kappa shape index (κ2) is 9.02. The molecule has 0 spiro atoms. The van der Waals surface area contributed by atoms with E-state index in [9.17, 15) is 9.18 Å². The molecule has 2 aliphatic rings. The highest BCUT2D eigenvalue weighted by Gasteiger charge is 2.25. The molecule has 5 heteroatoms. The molecule has 1 amide bonds. The molecule has 1 aliphatic heterocycles. The van der Waals surface area contributed by atoms with Gasteiger partial charge in [-0.3, -0.25) is 4.79 Å². The van der Waals surface area contributed by atoms with Crippen molar-refractivity contribution < 1.29 is 9.18 Å². The number of halogens is 2. The van der Waals surface area contributed by atoms with Crippen LogP contribution in [0.15, 0.2) is 22.7 Å². The average molecular weight is 411 g/mol. The van der Waals surface area contributed by atoms with Gasteiger partial charge < -0.3 is 9.80 Å². The van der Waals surface area contributed by atoms with Crippen molar-refractivity contribution in [3.05, 3.63) is 28.5 Å². The van der Waals surface area contributed by atoms with Crippen LogP contribution in [0.3, 0.4) is 0 Å². The van der Waals surface area contributed by atoms with Crippen molar-refractivity contribution >= 4 is 28.0 Å². The Hall–Kier alpha value is -1.10. The molecule has 3 rings (SSSR count). The molecule has 1 atom stereocenters. The lowest BCUT2D eigenvalue weighted by molar-refractivity contribution is -0.121. The fraction of sp³-hybridized carbons (Fsp3) is 0.650. The molecule has 1 aliphatic carbocycles. The molecule has 0 aromatic heterocycles. The van der Waals surface area contributed by atoms with Crippen molar-refractivity contribution in [2.75, 3.05) is 24.5 Å². The highest BCUT2D eigenvalue weighted by Crippen LogP contribution is 2.33. The summed E-state index contributed by atoms with van der Waals surface area (Å²) in [7, 11) is 0. The number of piperidine rings is 1. The molecule has 2 fully saturated rings. The van der Waals surface area contributed by atoms with Crippen LogP contribution in [0.2, 0.25) is 0 Å². The Bertz CT molecular complexity index is 577. The van der Waals surface area contributed by atoms with Gasteiger partial charge in [0.15, 0.2) is 0 Å². The SMILES string of the molecule is O=CN(CCC1CCCN(c2cccc(F)c2Br)C1)C1CCCCC1. The maximum absolute atomic E-state index is 13.8. The van der Waals surface area contributed by atoms with E-state index in [1.807, 2.05) is 11.0 Å². The van der Waals surface area contributed by atoms with Gasteiger partial charge in [0.05, 0.1) is 10.2 Å². The van der Waals surface area contributed by atoms with Gasteiger partial charge >= 0.3 is 0 Å². The molecule has 0 N–H and O–H groups in total. The Labute approximate surface area is 158 Å². The number of benzene rings is 1. The quantitative estimate of drug-likeness (QED) is 0.616. The predicted molar refractivity (Wildman–Crippen MR) is 103 cm³/mol. The lowest BCUT2D eigenvalue weighted by Crippen LogP contribution is -2.40. The van der Waals surface area contributed by atoms with Crippen LogP contribution in [0.5, 0.6) is 0 Å². The van der Waals surface area contributed by atoms with Crippen LogP contribution in [0.1, 0.15) is 51.4 Å². The summed E-state index contributed by atoms with van der Waals surface area (Å²) in [4.78, 5) is 15.8. The summed E-state index contributed by atoms with van der Waals surface area (Å²) in [6, 6.07) is 5.69. The van der Waals surface area contributed by atoms with E-state index in [4.69, 9.17) is 0 Å². The average Bonchev–Trinajstić information content (AvgIpc) is 2.65. The van der Waals surface area contributed by atoms with Gasteiger partial charge in [0, 0.05) is 25.7 Å². The van der Waals surface area contributed by atoms with E-state index in [0.717, 1.165) is 57.4 Å². The summed E-state index contributed by atoms with van der Waals surface area (Å²) in [6.07, 6.45) is 10.5. The third-order valence-electron chi connectivity index (χ3n) is 5.77. The van der Waals surface area contributed by atoms with Crippen molar-refractivity contribution in [1.82, 2.24) is 4.90 Å². The largest absolute Gasteiger partial charge is 0.370 e. The molecule has 0 radical (unpaired) electrons. The van der Waals surface area contributed by atoms with Crippen LogP contribution < -0.4 is 4.90 Å². The smallest absolute Gasteiger partial charge is 0.209 e. The van der Waals surface area contributed by atoms with E-state index in [-0.39, 0.29) is 5.82 Å². The standard InChI is InChI=1S/C20H28BrFN2O/c21-20-18(22)9-4-10-19(20)23-12-5-6-16(14-23)11-13-24(15-25)17-7-2-1-3-8-17/h4,9-10,15-17H,1-3,5-8,11-14H2. The number of nitrogens with zero attached hydrogens (tertiary/aromatic N) is 2. The molecule has 25 heavy (non-hydrogen) atoms. The van der Waals surface area contributed by atoms with Crippen molar-refractivity contribution in [2.24, 2.45) is 5.92 Å². The zero-order chi connectivity index (χ0) is 17.6. The molecule has 0 bridgehead atoms. The second-order valence-corrected chi connectivity index (χ2v) is 8.24. The van der Waals surface area contributed by atoms with Gasteiger partial charge in [0.2, 0.25) is 6.41 Å². The van der Waals surface area contributed by atoms with E-state index in [1.165, 1.54) is 31.7 Å². The zero-order valence-corrected chi connectivity index (χ0v) is 16.4. The number of rotatable bonds is 6. The van der Waals surface area contributed by atoms with Gasteiger partial charge in [-0.2, -0.15) is 0 Å².